The number of anilines is 1. The van der Waals surface area contributed by atoms with Crippen LogP contribution >= 0.6 is 15.9 Å². The standard InChI is InChI=1S/C17H19BrFNO8S/c18-11-5-9(19)1-2-12(11)20-29(25,26)15-3-4-17(6-10(15)16(23)24)27-13(7-21)14(8-22)28-17/h1-2,5-6,13-15,20-22H,3-4,7-8H2,(H,23,24). The van der Waals surface area contributed by atoms with Gasteiger partial charge in [0.2, 0.25) is 10.0 Å². The van der Waals surface area contributed by atoms with Gasteiger partial charge >= 0.3 is 5.97 Å². The van der Waals surface area contributed by atoms with E-state index in [0.717, 1.165) is 18.2 Å². The van der Waals surface area contributed by atoms with Crippen molar-refractivity contribution < 1.29 is 42.4 Å². The number of aliphatic hydroxyl groups excluding tert-OH is 2. The predicted octanol–water partition coefficient (Wildman–Crippen LogP) is 0.968. The van der Waals surface area contributed by atoms with Crippen LogP contribution in [0.4, 0.5) is 10.1 Å². The first kappa shape index (κ1) is 22.1. The van der Waals surface area contributed by atoms with Gasteiger partial charge in [-0.3, -0.25) is 4.72 Å². The Kier molecular flexibility index (Phi) is 6.32. The van der Waals surface area contributed by atoms with E-state index in [2.05, 4.69) is 20.7 Å². The summed E-state index contributed by atoms with van der Waals surface area (Å²) in [6.45, 7) is -0.907. The molecule has 1 aromatic carbocycles. The van der Waals surface area contributed by atoms with Gasteiger partial charge in [0.05, 0.1) is 24.5 Å². The van der Waals surface area contributed by atoms with Gasteiger partial charge < -0.3 is 24.8 Å². The Bertz CT molecular complexity index is 925. The summed E-state index contributed by atoms with van der Waals surface area (Å²) < 4.78 is 52.6. The van der Waals surface area contributed by atoms with Gasteiger partial charge in [-0.05, 0) is 46.6 Å². The second-order valence-electron chi connectivity index (χ2n) is 6.69. The Morgan fingerprint density at radius 1 is 1.28 bits per heavy atom. The Morgan fingerprint density at radius 3 is 2.41 bits per heavy atom. The minimum Gasteiger partial charge on any atom is -0.478 e. The molecule has 0 bridgehead atoms. The molecule has 0 radical (unpaired) electrons. The number of carboxylic acid groups (broad SMARTS) is 1. The van der Waals surface area contributed by atoms with E-state index < -0.39 is 63.8 Å². The Morgan fingerprint density at radius 2 is 1.90 bits per heavy atom. The van der Waals surface area contributed by atoms with Crippen LogP contribution in [0, 0.1) is 5.82 Å². The molecule has 1 aromatic rings. The van der Waals surface area contributed by atoms with Crippen LogP contribution < -0.4 is 4.72 Å². The van der Waals surface area contributed by atoms with Crippen LogP contribution in [0.15, 0.2) is 34.3 Å². The van der Waals surface area contributed by atoms with Crippen molar-refractivity contribution in [1.82, 2.24) is 0 Å². The lowest BCUT2D eigenvalue weighted by Gasteiger charge is -2.33. The largest absolute Gasteiger partial charge is 0.478 e. The second-order valence-corrected chi connectivity index (χ2v) is 9.41. The number of benzene rings is 1. The molecule has 1 heterocycles. The molecule has 160 valence electrons. The summed E-state index contributed by atoms with van der Waals surface area (Å²) in [5.74, 6) is -3.59. The second kappa shape index (κ2) is 8.28. The van der Waals surface area contributed by atoms with E-state index >= 15 is 0 Å². The van der Waals surface area contributed by atoms with Crippen molar-refractivity contribution in [3.8, 4) is 0 Å². The molecule has 3 atom stereocenters. The molecule has 4 N–H and O–H groups in total. The van der Waals surface area contributed by atoms with Gasteiger partial charge in [0.1, 0.15) is 23.3 Å². The number of carboxylic acids is 1. The maximum absolute atomic E-state index is 13.2. The number of aliphatic hydroxyl groups is 2. The van der Waals surface area contributed by atoms with Crippen LogP contribution in [0.25, 0.3) is 0 Å². The fourth-order valence-corrected chi connectivity index (χ4v) is 5.54. The number of carbonyl (C=O) groups is 1. The Hall–Kier alpha value is -1.57. The van der Waals surface area contributed by atoms with E-state index in [4.69, 9.17) is 9.47 Å². The van der Waals surface area contributed by atoms with Crippen molar-refractivity contribution in [2.24, 2.45) is 0 Å². The number of hydrogen-bond acceptors (Lipinski definition) is 7. The minimum absolute atomic E-state index is 0.00700. The van der Waals surface area contributed by atoms with Gasteiger partial charge in [-0.2, -0.15) is 0 Å². The molecule has 3 rings (SSSR count). The number of halogens is 2. The van der Waals surface area contributed by atoms with E-state index in [-0.39, 0.29) is 23.0 Å². The highest BCUT2D eigenvalue weighted by atomic mass is 79.9. The average Bonchev–Trinajstić information content (AvgIpc) is 3.01. The van der Waals surface area contributed by atoms with E-state index in [1.807, 2.05) is 0 Å². The number of rotatable bonds is 6. The lowest BCUT2D eigenvalue weighted by atomic mass is 9.94. The van der Waals surface area contributed by atoms with Crippen LogP contribution in [0.2, 0.25) is 0 Å². The zero-order chi connectivity index (χ0) is 21.4. The molecule has 1 saturated heterocycles. The maximum Gasteiger partial charge on any atom is 0.332 e. The lowest BCUT2D eigenvalue weighted by Crippen LogP contribution is -2.42. The highest BCUT2D eigenvalue weighted by Gasteiger charge is 2.51. The number of hydrogen-bond donors (Lipinski definition) is 4. The summed E-state index contributed by atoms with van der Waals surface area (Å²) in [4.78, 5) is 11.8. The maximum atomic E-state index is 13.2. The molecule has 1 aliphatic heterocycles. The zero-order valence-electron chi connectivity index (χ0n) is 14.9. The summed E-state index contributed by atoms with van der Waals surface area (Å²) in [5.41, 5.74) is -0.400. The molecule has 0 amide bonds. The Balaban J connectivity index is 1.91. The average molecular weight is 496 g/mol. The van der Waals surface area contributed by atoms with Crippen molar-refractivity contribution in [3.63, 3.8) is 0 Å². The third kappa shape index (κ3) is 4.47. The van der Waals surface area contributed by atoms with Crippen molar-refractivity contribution in [2.75, 3.05) is 17.9 Å². The summed E-state index contributed by atoms with van der Waals surface area (Å²) in [5, 5.41) is 26.9. The summed E-state index contributed by atoms with van der Waals surface area (Å²) in [7, 11) is -4.21. The van der Waals surface area contributed by atoms with Crippen LogP contribution in [-0.4, -0.2) is 66.2 Å². The van der Waals surface area contributed by atoms with Crippen LogP contribution in [0.3, 0.4) is 0 Å². The smallest absolute Gasteiger partial charge is 0.332 e. The molecule has 1 fully saturated rings. The third-order valence-corrected chi connectivity index (χ3v) is 7.16. The van der Waals surface area contributed by atoms with Gasteiger partial charge in [-0.25, -0.2) is 17.6 Å². The van der Waals surface area contributed by atoms with Crippen molar-refractivity contribution in [3.05, 3.63) is 40.1 Å². The van der Waals surface area contributed by atoms with E-state index in [1.165, 1.54) is 6.07 Å². The van der Waals surface area contributed by atoms with Gasteiger partial charge in [0.25, 0.3) is 0 Å². The SMILES string of the molecule is O=C(O)C1=CC2(CCC1S(=O)(=O)Nc1ccc(F)cc1Br)OC(CO)C(CO)O2. The number of aliphatic carboxylic acids is 1. The van der Waals surface area contributed by atoms with Crippen LogP contribution in [-0.2, 0) is 24.3 Å². The monoisotopic (exact) mass is 495 g/mol. The molecular weight excluding hydrogens is 477 g/mol. The molecule has 0 saturated carbocycles. The van der Waals surface area contributed by atoms with E-state index in [0.29, 0.717) is 0 Å². The summed E-state index contributed by atoms with van der Waals surface area (Å²) >= 11 is 3.06. The number of sulfonamides is 1. The van der Waals surface area contributed by atoms with Crippen LogP contribution in [0.1, 0.15) is 12.8 Å². The number of ether oxygens (including phenoxy) is 2. The van der Waals surface area contributed by atoms with E-state index in [1.54, 1.807) is 0 Å². The van der Waals surface area contributed by atoms with Gasteiger partial charge in [-0.1, -0.05) is 0 Å². The fourth-order valence-electron chi connectivity index (χ4n) is 3.40. The minimum atomic E-state index is -4.21. The molecule has 29 heavy (non-hydrogen) atoms. The first-order valence-corrected chi connectivity index (χ1v) is 10.9. The number of nitrogens with one attached hydrogen (secondary N) is 1. The van der Waals surface area contributed by atoms with Gasteiger partial charge in [0, 0.05) is 10.9 Å². The van der Waals surface area contributed by atoms with Crippen molar-refractivity contribution >= 4 is 37.6 Å². The molecule has 0 aromatic heterocycles. The first-order valence-electron chi connectivity index (χ1n) is 8.61. The normalized spacial score (nSPS) is 29.7. The van der Waals surface area contributed by atoms with E-state index in [9.17, 15) is 32.9 Å². The van der Waals surface area contributed by atoms with Crippen molar-refractivity contribution in [1.29, 1.82) is 0 Å². The quantitative estimate of drug-likeness (QED) is 0.457. The third-order valence-electron chi connectivity index (χ3n) is 4.76. The topological polar surface area (TPSA) is 142 Å². The highest BCUT2D eigenvalue weighted by molar-refractivity contribution is 9.10. The lowest BCUT2D eigenvalue weighted by molar-refractivity contribution is -0.153. The summed E-state index contributed by atoms with van der Waals surface area (Å²) in [6.07, 6.45) is -0.823. The predicted molar refractivity (Wildman–Crippen MR) is 102 cm³/mol. The van der Waals surface area contributed by atoms with Gasteiger partial charge in [-0.15, -0.1) is 0 Å². The molecule has 2 aliphatic rings. The first-order chi connectivity index (χ1) is 13.6. The molecule has 1 aliphatic carbocycles. The Labute approximate surface area is 174 Å². The fraction of sp³-hybridized carbons (Fsp3) is 0.471. The van der Waals surface area contributed by atoms with Crippen LogP contribution in [0.5, 0.6) is 0 Å². The van der Waals surface area contributed by atoms with Crippen molar-refractivity contribution in [2.45, 2.75) is 36.1 Å². The molecule has 3 unspecified atom stereocenters. The molecule has 1 spiro atoms. The summed E-state index contributed by atoms with van der Waals surface area (Å²) in [6, 6.07) is 3.36. The zero-order valence-corrected chi connectivity index (χ0v) is 17.3. The molecular formula is C17H19BrFNO8S. The molecule has 12 heteroatoms. The van der Waals surface area contributed by atoms with Gasteiger partial charge in [0.15, 0.2) is 5.79 Å². The molecule has 9 nitrogen and oxygen atoms in total. The highest BCUT2D eigenvalue weighted by Crippen LogP contribution is 2.41.